The summed E-state index contributed by atoms with van der Waals surface area (Å²) in [5, 5.41) is 8.64. The number of amides is 2. The summed E-state index contributed by atoms with van der Waals surface area (Å²) in [6, 6.07) is 18.9. The molecule has 3 atom stereocenters. The van der Waals surface area contributed by atoms with E-state index in [1.54, 1.807) is 0 Å². The number of aryl methyl sites for hydroxylation is 2. The summed E-state index contributed by atoms with van der Waals surface area (Å²) < 4.78 is 0. The highest BCUT2D eigenvalue weighted by Crippen LogP contribution is 2.19. The minimum atomic E-state index is -0.599. The number of hydrogen-bond donors (Lipinski definition) is 4. The lowest BCUT2D eigenvalue weighted by Gasteiger charge is -2.28. The molecule has 3 aromatic carbocycles. The van der Waals surface area contributed by atoms with Crippen LogP contribution in [0, 0.1) is 13.8 Å². The van der Waals surface area contributed by atoms with Crippen LogP contribution in [0.5, 0.6) is 0 Å². The van der Waals surface area contributed by atoms with Crippen LogP contribution in [0.3, 0.4) is 0 Å². The van der Waals surface area contributed by atoms with Gasteiger partial charge < -0.3 is 21.7 Å². The van der Waals surface area contributed by atoms with Crippen LogP contribution in [0.1, 0.15) is 46.8 Å². The maximum absolute atomic E-state index is 13.8. The van der Waals surface area contributed by atoms with Crippen molar-refractivity contribution < 1.29 is 9.59 Å². The summed E-state index contributed by atoms with van der Waals surface area (Å²) in [5.74, 6) is -0.227. The molecule has 38 heavy (non-hydrogen) atoms. The van der Waals surface area contributed by atoms with E-state index in [1.165, 1.54) is 0 Å². The minimum Gasteiger partial charge on any atom is -0.370 e. The highest BCUT2D eigenvalue weighted by Gasteiger charge is 2.36. The average Bonchev–Trinajstić information content (AvgIpc) is 3.03. The zero-order valence-corrected chi connectivity index (χ0v) is 22.4. The van der Waals surface area contributed by atoms with Crippen molar-refractivity contribution in [3.8, 4) is 0 Å². The Morgan fingerprint density at radius 2 is 1.79 bits per heavy atom. The minimum absolute atomic E-state index is 0.0376. The summed E-state index contributed by atoms with van der Waals surface area (Å²) in [4.78, 5) is 33.0. The monoisotopic (exact) mass is 514 g/mol. The number of carbonyl (C=O) groups is 2. The van der Waals surface area contributed by atoms with Gasteiger partial charge in [-0.15, -0.1) is 0 Å². The van der Waals surface area contributed by atoms with Gasteiger partial charge in [0.1, 0.15) is 6.04 Å². The number of guanidine groups is 1. The third-order valence-corrected chi connectivity index (χ3v) is 7.03. The van der Waals surface area contributed by atoms with E-state index in [9.17, 15) is 9.59 Å². The molecule has 1 aliphatic rings. The smallest absolute Gasteiger partial charge is 0.251 e. The van der Waals surface area contributed by atoms with Gasteiger partial charge in [-0.1, -0.05) is 66.6 Å². The molecule has 8 heteroatoms. The molecule has 2 amide bonds. The third-order valence-electron chi connectivity index (χ3n) is 7.03. The molecule has 1 heterocycles. The second-order valence-electron chi connectivity index (χ2n) is 10.2. The first kappa shape index (κ1) is 27.1. The molecule has 0 aromatic heterocycles. The number of aliphatic imine (C=N–C) groups is 1. The number of carbonyl (C=O) groups excluding carboxylic acids is 2. The molecule has 0 saturated carbocycles. The van der Waals surface area contributed by atoms with E-state index >= 15 is 0 Å². The second kappa shape index (κ2) is 12.1. The molecule has 4 rings (SSSR count). The zero-order chi connectivity index (χ0) is 27.2. The van der Waals surface area contributed by atoms with Gasteiger partial charge in [0.2, 0.25) is 5.91 Å². The van der Waals surface area contributed by atoms with Crippen molar-refractivity contribution in [3.63, 3.8) is 0 Å². The zero-order valence-electron chi connectivity index (χ0n) is 22.4. The van der Waals surface area contributed by atoms with Crippen molar-refractivity contribution >= 4 is 28.5 Å². The van der Waals surface area contributed by atoms with Crippen LogP contribution in [0.4, 0.5) is 0 Å². The predicted molar refractivity (Wildman–Crippen MR) is 153 cm³/mol. The Morgan fingerprint density at radius 3 is 2.47 bits per heavy atom. The van der Waals surface area contributed by atoms with Crippen LogP contribution < -0.4 is 22.1 Å². The highest BCUT2D eigenvalue weighted by atomic mass is 16.2. The third kappa shape index (κ3) is 6.69. The Hall–Kier alpha value is -3.91. The lowest BCUT2D eigenvalue weighted by atomic mass is 10.0. The molecule has 0 radical (unpaired) electrons. The summed E-state index contributed by atoms with van der Waals surface area (Å²) >= 11 is 0. The van der Waals surface area contributed by atoms with Crippen LogP contribution in [0.25, 0.3) is 10.8 Å². The number of fused-ring (bicyclic) bond motifs is 1. The molecular weight excluding hydrogens is 476 g/mol. The molecule has 200 valence electrons. The fourth-order valence-electron chi connectivity index (χ4n) is 5.24. The maximum Gasteiger partial charge on any atom is 0.251 e. The molecule has 1 saturated heterocycles. The van der Waals surface area contributed by atoms with Gasteiger partial charge in [-0.2, -0.15) is 0 Å². The number of nitrogens with one attached hydrogen (secondary N) is 2. The largest absolute Gasteiger partial charge is 0.370 e. The molecule has 0 bridgehead atoms. The van der Waals surface area contributed by atoms with E-state index in [0.29, 0.717) is 38.0 Å². The lowest BCUT2D eigenvalue weighted by molar-refractivity contribution is -0.133. The van der Waals surface area contributed by atoms with E-state index < -0.39 is 12.1 Å². The molecule has 0 aliphatic carbocycles. The van der Waals surface area contributed by atoms with Gasteiger partial charge in [-0.3, -0.25) is 14.9 Å². The highest BCUT2D eigenvalue weighted by molar-refractivity contribution is 5.98. The number of nitrogens with zero attached hydrogens (tertiary/aromatic N) is 2. The molecule has 6 N–H and O–H groups in total. The Bertz CT molecular complexity index is 1310. The van der Waals surface area contributed by atoms with Crippen LogP contribution in [-0.4, -0.2) is 53.9 Å². The topological polar surface area (TPSA) is 126 Å². The van der Waals surface area contributed by atoms with E-state index in [-0.39, 0.29) is 23.8 Å². The van der Waals surface area contributed by atoms with Gasteiger partial charge in [0, 0.05) is 31.2 Å². The fraction of sp³-hybridized carbons (Fsp3) is 0.367. The van der Waals surface area contributed by atoms with Gasteiger partial charge in [0.25, 0.3) is 5.91 Å². The summed E-state index contributed by atoms with van der Waals surface area (Å²) in [7, 11) is 0. The number of nitrogens with two attached hydrogens (primary N) is 2. The van der Waals surface area contributed by atoms with Gasteiger partial charge >= 0.3 is 0 Å². The van der Waals surface area contributed by atoms with E-state index in [1.807, 2.05) is 54.3 Å². The number of benzene rings is 3. The first-order valence-electron chi connectivity index (χ1n) is 13.2. The summed E-state index contributed by atoms with van der Waals surface area (Å²) in [5.41, 5.74) is 15.4. The maximum atomic E-state index is 13.8. The molecular formula is C30H38N6O2. The predicted octanol–water partition coefficient (Wildman–Crippen LogP) is 3.00. The SMILES string of the molecule is CCC(N=C(N)N)[C@@H]1N[C@H](CNC(=O)c2ccc3ccccc3c2)CCN(Cc2cc(C)cc(C)c2)C1=O. The summed E-state index contributed by atoms with van der Waals surface area (Å²) in [6.07, 6.45) is 1.28. The first-order chi connectivity index (χ1) is 18.2. The molecule has 1 unspecified atom stereocenters. The quantitative estimate of drug-likeness (QED) is 0.272. The Kier molecular flexibility index (Phi) is 8.63. The molecule has 1 aliphatic heterocycles. The van der Waals surface area contributed by atoms with Crippen molar-refractivity contribution in [2.45, 2.75) is 58.3 Å². The van der Waals surface area contributed by atoms with Gasteiger partial charge in [-0.05, 0) is 55.2 Å². The first-order valence-corrected chi connectivity index (χ1v) is 13.2. The average molecular weight is 515 g/mol. The Labute approximate surface area is 224 Å². The van der Waals surface area contributed by atoms with Crippen LogP contribution >= 0.6 is 0 Å². The van der Waals surface area contributed by atoms with Gasteiger partial charge in [0.15, 0.2) is 5.96 Å². The van der Waals surface area contributed by atoms with E-state index in [2.05, 4.69) is 47.7 Å². The van der Waals surface area contributed by atoms with E-state index in [0.717, 1.165) is 27.5 Å². The molecule has 1 fully saturated rings. The standard InChI is InChI=1S/C30H38N6O2/c1-4-26(35-30(31)32)27-29(38)36(18-21-14-19(2)13-20(3)15-21)12-11-25(34-27)17-33-28(37)24-10-9-22-7-5-6-8-23(22)16-24/h5-10,13-16,25-27,34H,4,11-12,17-18H2,1-3H3,(H,33,37)(H4,31,32,35)/t25-,26?,27-/m0/s1. The van der Waals surface area contributed by atoms with Crippen molar-refractivity contribution in [1.82, 2.24) is 15.5 Å². The normalized spacial score (nSPS) is 18.6. The van der Waals surface area contributed by atoms with Crippen molar-refractivity contribution in [2.75, 3.05) is 13.1 Å². The van der Waals surface area contributed by atoms with Crippen molar-refractivity contribution in [3.05, 3.63) is 82.9 Å². The van der Waals surface area contributed by atoms with Crippen molar-refractivity contribution in [1.29, 1.82) is 0 Å². The second-order valence-corrected chi connectivity index (χ2v) is 10.2. The Morgan fingerprint density at radius 1 is 1.08 bits per heavy atom. The molecule has 0 spiro atoms. The summed E-state index contributed by atoms with van der Waals surface area (Å²) in [6.45, 7) is 7.53. The number of hydrogen-bond acceptors (Lipinski definition) is 4. The van der Waals surface area contributed by atoms with Crippen molar-refractivity contribution in [2.24, 2.45) is 16.5 Å². The lowest BCUT2D eigenvalue weighted by Crippen LogP contribution is -2.54. The van der Waals surface area contributed by atoms with Gasteiger partial charge in [-0.25, -0.2) is 4.99 Å². The molecule has 8 nitrogen and oxygen atoms in total. The Balaban J connectivity index is 1.51. The van der Waals surface area contributed by atoms with Crippen LogP contribution in [0.2, 0.25) is 0 Å². The molecule has 3 aromatic rings. The fourth-order valence-corrected chi connectivity index (χ4v) is 5.24. The van der Waals surface area contributed by atoms with Crippen LogP contribution in [-0.2, 0) is 11.3 Å². The van der Waals surface area contributed by atoms with E-state index in [4.69, 9.17) is 11.5 Å². The van der Waals surface area contributed by atoms with Gasteiger partial charge in [0.05, 0.1) is 6.04 Å². The number of rotatable bonds is 8. The van der Waals surface area contributed by atoms with Crippen LogP contribution in [0.15, 0.2) is 65.7 Å².